The number of rotatable bonds is 2. The predicted molar refractivity (Wildman–Crippen MR) is 70.6 cm³/mol. The molecule has 0 aromatic heterocycles. The predicted octanol–water partition coefficient (Wildman–Crippen LogP) is 1.91. The largest absolute Gasteiger partial charge is 0.361 e. The lowest BCUT2D eigenvalue weighted by Crippen LogP contribution is -2.45. The molecule has 19 heavy (non-hydrogen) atoms. The molecule has 0 aliphatic carbocycles. The summed E-state index contributed by atoms with van der Waals surface area (Å²) in [6.07, 6.45) is -0.763. The molecule has 1 aromatic carbocycles. The zero-order valence-electron chi connectivity index (χ0n) is 9.71. The number of morpholine rings is 1. The molecule has 2 rings (SSSR count). The van der Waals surface area contributed by atoms with Gasteiger partial charge in [0.2, 0.25) is 10.0 Å². The smallest absolute Gasteiger partial charge is 0.244 e. The Morgan fingerprint density at radius 1 is 1.42 bits per heavy atom. The Balaban J connectivity index is 2.37. The zero-order valence-corrected chi connectivity index (χ0v) is 12.0. The van der Waals surface area contributed by atoms with Crippen LogP contribution in [0.4, 0.5) is 0 Å². The lowest BCUT2D eigenvalue weighted by Gasteiger charge is -2.29. The second kappa shape index (κ2) is 5.65. The Morgan fingerprint density at radius 2 is 2.16 bits per heavy atom. The molecule has 5 nitrogen and oxygen atoms in total. The van der Waals surface area contributed by atoms with Gasteiger partial charge in [-0.1, -0.05) is 23.2 Å². The molecule has 0 bridgehead atoms. The van der Waals surface area contributed by atoms with E-state index in [4.69, 9.17) is 33.2 Å². The van der Waals surface area contributed by atoms with Crippen molar-refractivity contribution in [3.05, 3.63) is 28.2 Å². The molecule has 102 valence electrons. The molecule has 1 heterocycles. The maximum atomic E-state index is 12.4. The van der Waals surface area contributed by atoms with Crippen LogP contribution in [0.1, 0.15) is 0 Å². The fourth-order valence-corrected chi connectivity index (χ4v) is 3.90. The van der Waals surface area contributed by atoms with Crippen LogP contribution in [-0.4, -0.2) is 38.5 Å². The highest BCUT2D eigenvalue weighted by molar-refractivity contribution is 7.89. The number of nitriles is 1. The van der Waals surface area contributed by atoms with Crippen LogP contribution in [0.5, 0.6) is 0 Å². The number of ether oxygens (including phenoxy) is 1. The first-order valence-electron chi connectivity index (χ1n) is 5.41. The highest BCUT2D eigenvalue weighted by Gasteiger charge is 2.32. The van der Waals surface area contributed by atoms with Crippen molar-refractivity contribution in [2.45, 2.75) is 11.0 Å². The summed E-state index contributed by atoms with van der Waals surface area (Å²) in [7, 11) is -3.77. The van der Waals surface area contributed by atoms with Gasteiger partial charge < -0.3 is 4.74 Å². The molecule has 0 amide bonds. The van der Waals surface area contributed by atoms with Gasteiger partial charge in [-0.05, 0) is 18.2 Å². The Kier molecular flexibility index (Phi) is 4.33. The molecule has 8 heteroatoms. The molecule has 1 aliphatic rings. The van der Waals surface area contributed by atoms with Gasteiger partial charge >= 0.3 is 0 Å². The van der Waals surface area contributed by atoms with Gasteiger partial charge in [0, 0.05) is 11.6 Å². The standard InChI is InChI=1S/C11H10Cl2N2O3S/c12-8-1-2-10(13)11(5-8)19(16,17)15-3-4-18-9(6-14)7-15/h1-2,5,9H,3-4,7H2. The first-order chi connectivity index (χ1) is 8.95. The van der Waals surface area contributed by atoms with E-state index in [0.717, 1.165) is 0 Å². The SMILES string of the molecule is N#CC1CN(S(=O)(=O)c2cc(Cl)ccc2Cl)CCO1. The summed E-state index contributed by atoms with van der Waals surface area (Å²) >= 11 is 11.7. The van der Waals surface area contributed by atoms with E-state index in [1.165, 1.54) is 22.5 Å². The van der Waals surface area contributed by atoms with Gasteiger partial charge in [-0.3, -0.25) is 0 Å². The minimum Gasteiger partial charge on any atom is -0.361 e. The Labute approximate surface area is 121 Å². The maximum Gasteiger partial charge on any atom is 0.244 e. The third kappa shape index (κ3) is 3.02. The second-order valence-corrected chi connectivity index (χ2v) is 6.68. The van der Waals surface area contributed by atoms with Crippen LogP contribution < -0.4 is 0 Å². The van der Waals surface area contributed by atoms with Gasteiger partial charge in [0.1, 0.15) is 4.90 Å². The van der Waals surface area contributed by atoms with E-state index in [1.807, 2.05) is 6.07 Å². The van der Waals surface area contributed by atoms with Crippen molar-refractivity contribution in [2.75, 3.05) is 19.7 Å². The quantitative estimate of drug-likeness (QED) is 0.834. The molecule has 0 spiro atoms. The van der Waals surface area contributed by atoms with Crippen molar-refractivity contribution in [3.63, 3.8) is 0 Å². The molecular formula is C11H10Cl2N2O3S. The summed E-state index contributed by atoms with van der Waals surface area (Å²) in [4.78, 5) is -0.0553. The van der Waals surface area contributed by atoms with Crippen LogP contribution in [0.25, 0.3) is 0 Å². The minimum atomic E-state index is -3.77. The van der Waals surface area contributed by atoms with E-state index in [2.05, 4.69) is 0 Å². The van der Waals surface area contributed by atoms with Gasteiger partial charge in [0.25, 0.3) is 0 Å². The van der Waals surface area contributed by atoms with E-state index in [1.54, 1.807) is 0 Å². The number of halogens is 2. The number of nitrogens with zero attached hydrogens (tertiary/aromatic N) is 2. The van der Waals surface area contributed by atoms with E-state index in [0.29, 0.717) is 0 Å². The summed E-state index contributed by atoms with van der Waals surface area (Å²) in [6, 6.07) is 6.14. The lowest BCUT2D eigenvalue weighted by atomic mass is 10.3. The average Bonchev–Trinajstić information content (AvgIpc) is 2.41. The minimum absolute atomic E-state index is 0.0122. The summed E-state index contributed by atoms with van der Waals surface area (Å²) in [5, 5.41) is 9.19. The number of hydrogen-bond acceptors (Lipinski definition) is 4. The van der Waals surface area contributed by atoms with Crippen molar-refractivity contribution >= 4 is 33.2 Å². The van der Waals surface area contributed by atoms with E-state index in [9.17, 15) is 8.42 Å². The molecule has 1 aromatic rings. The highest BCUT2D eigenvalue weighted by Crippen LogP contribution is 2.28. The first kappa shape index (κ1) is 14.6. The number of hydrogen-bond donors (Lipinski definition) is 0. The van der Waals surface area contributed by atoms with E-state index >= 15 is 0 Å². The van der Waals surface area contributed by atoms with Crippen molar-refractivity contribution in [3.8, 4) is 6.07 Å². The molecule has 0 N–H and O–H groups in total. The number of benzene rings is 1. The highest BCUT2D eigenvalue weighted by atomic mass is 35.5. The molecule has 1 atom stereocenters. The monoisotopic (exact) mass is 320 g/mol. The lowest BCUT2D eigenvalue weighted by molar-refractivity contribution is 0.0311. The molecule has 1 aliphatic heterocycles. The van der Waals surface area contributed by atoms with Crippen LogP contribution >= 0.6 is 23.2 Å². The number of sulfonamides is 1. The van der Waals surface area contributed by atoms with Crippen molar-refractivity contribution in [2.24, 2.45) is 0 Å². The van der Waals surface area contributed by atoms with Crippen LogP contribution in [0, 0.1) is 11.3 Å². The molecule has 1 saturated heterocycles. The summed E-state index contributed by atoms with van der Waals surface area (Å²) in [5.41, 5.74) is 0. The third-order valence-electron chi connectivity index (χ3n) is 2.68. The maximum absolute atomic E-state index is 12.4. The van der Waals surface area contributed by atoms with Crippen molar-refractivity contribution in [1.29, 1.82) is 5.26 Å². The van der Waals surface area contributed by atoms with Gasteiger partial charge in [-0.2, -0.15) is 9.57 Å². The topological polar surface area (TPSA) is 70.4 Å². The van der Waals surface area contributed by atoms with Gasteiger partial charge in [0.15, 0.2) is 6.10 Å². The summed E-state index contributed by atoms with van der Waals surface area (Å²) in [6.45, 7) is 0.348. The molecular weight excluding hydrogens is 311 g/mol. The van der Waals surface area contributed by atoms with Crippen LogP contribution in [0.15, 0.2) is 23.1 Å². The molecule has 1 unspecified atom stereocenters. The molecule has 0 radical (unpaired) electrons. The Hall–Kier alpha value is -0.840. The third-order valence-corrected chi connectivity index (χ3v) is 5.27. The fraction of sp³-hybridized carbons (Fsp3) is 0.364. The van der Waals surface area contributed by atoms with Gasteiger partial charge in [-0.25, -0.2) is 8.42 Å². The zero-order chi connectivity index (χ0) is 14.0. The summed E-state index contributed by atoms with van der Waals surface area (Å²) in [5.74, 6) is 0. The molecule has 0 saturated carbocycles. The second-order valence-electron chi connectivity index (χ2n) is 3.93. The van der Waals surface area contributed by atoms with Crippen molar-refractivity contribution < 1.29 is 13.2 Å². The fourth-order valence-electron chi connectivity index (χ4n) is 1.74. The average molecular weight is 321 g/mol. The van der Waals surface area contributed by atoms with Crippen LogP contribution in [0.2, 0.25) is 10.0 Å². The van der Waals surface area contributed by atoms with Crippen LogP contribution in [-0.2, 0) is 14.8 Å². The van der Waals surface area contributed by atoms with Gasteiger partial charge in [-0.15, -0.1) is 0 Å². The van der Waals surface area contributed by atoms with E-state index in [-0.39, 0.29) is 34.6 Å². The first-order valence-corrected chi connectivity index (χ1v) is 7.61. The summed E-state index contributed by atoms with van der Waals surface area (Å²) < 4.78 is 31.2. The van der Waals surface area contributed by atoms with E-state index < -0.39 is 16.1 Å². The normalized spacial score (nSPS) is 21.0. The van der Waals surface area contributed by atoms with Crippen molar-refractivity contribution in [1.82, 2.24) is 4.31 Å². The van der Waals surface area contributed by atoms with Crippen LogP contribution in [0.3, 0.4) is 0 Å². The molecule has 1 fully saturated rings. The Morgan fingerprint density at radius 3 is 2.84 bits per heavy atom. The Bertz CT molecular complexity index is 627. The van der Waals surface area contributed by atoms with Gasteiger partial charge in [0.05, 0.1) is 24.2 Å².